The largest absolute Gasteiger partial charge is 0.434 e. The van der Waals surface area contributed by atoms with Crippen LogP contribution in [0.1, 0.15) is 5.56 Å². The molecular formula is C13H18ClF2NO3. The standard InChI is InChI=1S/C13H18ClF2NO3/c1-17(7-11(18)8-19-2)6-9-5-10(14)3-4-12(9)20-13(15)16/h3-5,11,13,18H,6-8H2,1-2H3. The van der Waals surface area contributed by atoms with Crippen molar-refractivity contribution in [1.82, 2.24) is 4.90 Å². The number of aliphatic hydroxyl groups excluding tert-OH is 1. The molecule has 1 aromatic rings. The van der Waals surface area contributed by atoms with Gasteiger partial charge in [-0.2, -0.15) is 8.78 Å². The summed E-state index contributed by atoms with van der Waals surface area (Å²) in [5, 5.41) is 10.1. The van der Waals surface area contributed by atoms with Gasteiger partial charge in [-0.25, -0.2) is 0 Å². The monoisotopic (exact) mass is 309 g/mol. The average molecular weight is 310 g/mol. The van der Waals surface area contributed by atoms with Crippen molar-refractivity contribution in [2.45, 2.75) is 19.3 Å². The second kappa shape index (κ2) is 8.36. The van der Waals surface area contributed by atoms with E-state index in [2.05, 4.69) is 4.74 Å². The van der Waals surface area contributed by atoms with Gasteiger partial charge in [0.15, 0.2) is 0 Å². The fourth-order valence-corrected chi connectivity index (χ4v) is 2.04. The molecule has 7 heteroatoms. The second-order valence-electron chi connectivity index (χ2n) is 4.44. The Morgan fingerprint density at radius 3 is 2.70 bits per heavy atom. The van der Waals surface area contributed by atoms with Crippen molar-refractivity contribution in [2.24, 2.45) is 0 Å². The zero-order valence-electron chi connectivity index (χ0n) is 11.4. The molecule has 0 saturated carbocycles. The molecule has 0 saturated heterocycles. The SMILES string of the molecule is COCC(O)CN(C)Cc1cc(Cl)ccc1OC(F)F. The minimum absolute atomic E-state index is 0.0810. The van der Waals surface area contributed by atoms with Gasteiger partial charge in [0.05, 0.1) is 12.7 Å². The maximum atomic E-state index is 12.3. The number of nitrogens with zero attached hydrogens (tertiary/aromatic N) is 1. The molecule has 20 heavy (non-hydrogen) atoms. The second-order valence-corrected chi connectivity index (χ2v) is 4.87. The molecule has 0 aliphatic carbocycles. The van der Waals surface area contributed by atoms with Gasteiger partial charge >= 0.3 is 6.61 Å². The first-order valence-electron chi connectivity index (χ1n) is 6.01. The van der Waals surface area contributed by atoms with Crippen molar-refractivity contribution in [3.8, 4) is 5.75 Å². The number of hydrogen-bond acceptors (Lipinski definition) is 4. The van der Waals surface area contributed by atoms with Crippen LogP contribution < -0.4 is 4.74 Å². The van der Waals surface area contributed by atoms with E-state index in [1.807, 2.05) is 0 Å². The number of halogens is 3. The van der Waals surface area contributed by atoms with Crippen molar-refractivity contribution in [1.29, 1.82) is 0 Å². The van der Waals surface area contributed by atoms with Crippen LogP contribution >= 0.6 is 11.6 Å². The van der Waals surface area contributed by atoms with Crippen LogP contribution in [0.15, 0.2) is 18.2 Å². The van der Waals surface area contributed by atoms with Gasteiger partial charge in [0.2, 0.25) is 0 Å². The van der Waals surface area contributed by atoms with E-state index >= 15 is 0 Å². The fraction of sp³-hybridized carbons (Fsp3) is 0.538. The Hall–Kier alpha value is -0.950. The molecule has 4 nitrogen and oxygen atoms in total. The van der Waals surface area contributed by atoms with Gasteiger partial charge < -0.3 is 14.6 Å². The number of ether oxygens (including phenoxy) is 2. The first-order valence-corrected chi connectivity index (χ1v) is 6.39. The van der Waals surface area contributed by atoms with Crippen LogP contribution in [0.5, 0.6) is 5.75 Å². The van der Waals surface area contributed by atoms with Crippen molar-refractivity contribution < 1.29 is 23.4 Å². The van der Waals surface area contributed by atoms with E-state index in [-0.39, 0.29) is 12.4 Å². The fourth-order valence-electron chi connectivity index (χ4n) is 1.84. The molecule has 0 amide bonds. The van der Waals surface area contributed by atoms with Crippen LogP contribution in [0.25, 0.3) is 0 Å². The predicted octanol–water partition coefficient (Wildman–Crippen LogP) is 2.38. The third-order valence-electron chi connectivity index (χ3n) is 2.56. The van der Waals surface area contributed by atoms with Gasteiger partial charge in [-0.1, -0.05) is 11.6 Å². The molecule has 1 N–H and O–H groups in total. The molecule has 0 bridgehead atoms. The molecule has 0 spiro atoms. The zero-order valence-corrected chi connectivity index (χ0v) is 12.1. The lowest BCUT2D eigenvalue weighted by Crippen LogP contribution is -2.31. The number of aliphatic hydroxyl groups is 1. The lowest BCUT2D eigenvalue weighted by Gasteiger charge is -2.21. The van der Waals surface area contributed by atoms with E-state index in [0.29, 0.717) is 23.7 Å². The molecule has 1 atom stereocenters. The lowest BCUT2D eigenvalue weighted by molar-refractivity contribution is -0.0508. The Morgan fingerprint density at radius 1 is 1.40 bits per heavy atom. The van der Waals surface area contributed by atoms with Crippen molar-refractivity contribution in [3.05, 3.63) is 28.8 Å². The van der Waals surface area contributed by atoms with E-state index in [9.17, 15) is 13.9 Å². The van der Waals surface area contributed by atoms with Crippen molar-refractivity contribution in [3.63, 3.8) is 0 Å². The smallest absolute Gasteiger partial charge is 0.387 e. The normalized spacial score (nSPS) is 13.0. The lowest BCUT2D eigenvalue weighted by atomic mass is 10.2. The van der Waals surface area contributed by atoms with Gasteiger partial charge in [-0.05, 0) is 25.2 Å². The number of benzene rings is 1. The highest BCUT2D eigenvalue weighted by Gasteiger charge is 2.14. The molecule has 114 valence electrons. The molecule has 0 heterocycles. The first-order chi connectivity index (χ1) is 9.42. The summed E-state index contributed by atoms with van der Waals surface area (Å²) in [6, 6.07) is 4.46. The molecular weight excluding hydrogens is 292 g/mol. The highest BCUT2D eigenvalue weighted by Crippen LogP contribution is 2.25. The van der Waals surface area contributed by atoms with E-state index in [1.165, 1.54) is 19.2 Å². The Kier molecular flexibility index (Phi) is 7.15. The summed E-state index contributed by atoms with van der Waals surface area (Å²) in [6.07, 6.45) is -0.649. The van der Waals surface area contributed by atoms with Crippen LogP contribution in [-0.2, 0) is 11.3 Å². The first kappa shape index (κ1) is 17.1. The maximum absolute atomic E-state index is 12.3. The summed E-state index contributed by atoms with van der Waals surface area (Å²) in [5.41, 5.74) is 0.532. The summed E-state index contributed by atoms with van der Waals surface area (Å²) >= 11 is 5.86. The minimum Gasteiger partial charge on any atom is -0.434 e. The summed E-state index contributed by atoms with van der Waals surface area (Å²) in [5.74, 6) is 0.0810. The molecule has 0 aliphatic heterocycles. The van der Waals surface area contributed by atoms with Crippen LogP contribution in [0, 0.1) is 0 Å². The number of likely N-dealkylation sites (N-methyl/N-ethyl adjacent to an activating group) is 1. The number of hydrogen-bond donors (Lipinski definition) is 1. The van der Waals surface area contributed by atoms with E-state index < -0.39 is 12.7 Å². The zero-order chi connectivity index (χ0) is 15.1. The summed E-state index contributed by atoms with van der Waals surface area (Å²) in [4.78, 5) is 1.77. The number of methoxy groups -OCH3 is 1. The Balaban J connectivity index is 2.71. The minimum atomic E-state index is -2.89. The van der Waals surface area contributed by atoms with Crippen LogP contribution in [0.4, 0.5) is 8.78 Å². The van der Waals surface area contributed by atoms with E-state index in [1.54, 1.807) is 18.0 Å². The summed E-state index contributed by atoms with van der Waals surface area (Å²) < 4.78 is 33.9. The third-order valence-corrected chi connectivity index (χ3v) is 2.80. The molecule has 0 aromatic heterocycles. The van der Waals surface area contributed by atoms with Gasteiger partial charge in [0.1, 0.15) is 5.75 Å². The van der Waals surface area contributed by atoms with E-state index in [4.69, 9.17) is 16.3 Å². The topological polar surface area (TPSA) is 41.9 Å². The number of rotatable bonds is 8. The van der Waals surface area contributed by atoms with Crippen LogP contribution in [0.2, 0.25) is 5.02 Å². The van der Waals surface area contributed by atoms with Gasteiger partial charge in [0, 0.05) is 30.8 Å². The molecule has 1 unspecified atom stereocenters. The van der Waals surface area contributed by atoms with Crippen LogP contribution in [-0.4, -0.2) is 50.0 Å². The van der Waals surface area contributed by atoms with Gasteiger partial charge in [0.25, 0.3) is 0 Å². The molecule has 1 aromatic carbocycles. The van der Waals surface area contributed by atoms with Crippen molar-refractivity contribution in [2.75, 3.05) is 27.3 Å². The average Bonchev–Trinajstić information content (AvgIpc) is 2.32. The number of alkyl halides is 2. The quantitative estimate of drug-likeness (QED) is 0.800. The van der Waals surface area contributed by atoms with Gasteiger partial charge in [-0.3, -0.25) is 4.90 Å². The third kappa shape index (κ3) is 6.00. The predicted molar refractivity (Wildman–Crippen MR) is 72.3 cm³/mol. The highest BCUT2D eigenvalue weighted by atomic mass is 35.5. The van der Waals surface area contributed by atoms with Crippen LogP contribution in [0.3, 0.4) is 0 Å². The molecule has 0 fully saturated rings. The Morgan fingerprint density at radius 2 is 2.10 bits per heavy atom. The van der Waals surface area contributed by atoms with Gasteiger partial charge in [-0.15, -0.1) is 0 Å². The summed E-state index contributed by atoms with van der Waals surface area (Å²) in [6.45, 7) is -2.02. The Labute approximate surface area is 121 Å². The summed E-state index contributed by atoms with van der Waals surface area (Å²) in [7, 11) is 3.25. The molecule has 1 rings (SSSR count). The Bertz CT molecular complexity index is 421. The van der Waals surface area contributed by atoms with Crippen molar-refractivity contribution >= 4 is 11.6 Å². The maximum Gasteiger partial charge on any atom is 0.387 e. The van der Waals surface area contributed by atoms with E-state index in [0.717, 1.165) is 0 Å². The molecule has 0 radical (unpaired) electrons. The highest BCUT2D eigenvalue weighted by molar-refractivity contribution is 6.30. The molecule has 0 aliphatic rings.